The van der Waals surface area contributed by atoms with Gasteiger partial charge in [0.2, 0.25) is 0 Å². The number of fused-ring (bicyclic) bond motifs is 1. The molecule has 2 aromatic carbocycles. The number of hydrazone groups is 1. The van der Waals surface area contributed by atoms with E-state index in [-0.39, 0.29) is 11.2 Å². The Morgan fingerprint density at radius 3 is 2.56 bits per heavy atom. The number of carbonyl (C=O) groups excluding carboxylic acids is 1. The van der Waals surface area contributed by atoms with E-state index >= 15 is 0 Å². The third-order valence-corrected chi connectivity index (χ3v) is 5.53. The van der Waals surface area contributed by atoms with E-state index in [1.54, 1.807) is 37.3 Å². The Hall–Kier alpha value is -1.79. The number of amides is 1. The number of halogens is 3. The molecule has 0 fully saturated rings. The Bertz CT molecular complexity index is 1010. The van der Waals surface area contributed by atoms with Crippen LogP contribution in [0.2, 0.25) is 15.2 Å². The molecule has 3 aromatic rings. The van der Waals surface area contributed by atoms with E-state index in [0.29, 0.717) is 20.8 Å². The van der Waals surface area contributed by atoms with Gasteiger partial charge in [0.05, 0.1) is 17.0 Å². The van der Waals surface area contributed by atoms with E-state index in [1.165, 1.54) is 18.0 Å². The third-order valence-electron chi connectivity index (χ3n) is 3.63. The summed E-state index contributed by atoms with van der Waals surface area (Å²) in [6.45, 7) is 1.80. The third kappa shape index (κ3) is 5.36. The Morgan fingerprint density at radius 1 is 1.11 bits per heavy atom. The average molecular weight is 439 g/mol. The van der Waals surface area contributed by atoms with E-state index in [2.05, 4.69) is 15.5 Å². The molecular weight excluding hydrogens is 425 g/mol. The molecule has 27 heavy (non-hydrogen) atoms. The summed E-state index contributed by atoms with van der Waals surface area (Å²) < 4.78 is 0. The lowest BCUT2D eigenvalue weighted by Crippen LogP contribution is -2.26. The summed E-state index contributed by atoms with van der Waals surface area (Å²) in [5, 5.41) is 6.07. The predicted molar refractivity (Wildman–Crippen MR) is 114 cm³/mol. The van der Waals surface area contributed by atoms with Crippen molar-refractivity contribution in [3.05, 3.63) is 69.3 Å². The molecule has 138 valence electrons. The second kappa shape index (κ2) is 8.93. The molecule has 0 saturated heterocycles. The van der Waals surface area contributed by atoms with Gasteiger partial charge in [-0.1, -0.05) is 34.8 Å². The lowest BCUT2D eigenvalue weighted by Gasteiger charge is -2.09. The number of hydrogen-bond acceptors (Lipinski definition) is 4. The Morgan fingerprint density at radius 2 is 1.81 bits per heavy atom. The minimum Gasteiger partial charge on any atom is -0.272 e. The van der Waals surface area contributed by atoms with Crippen molar-refractivity contribution in [1.82, 2.24) is 10.4 Å². The first-order chi connectivity index (χ1) is 12.9. The molecule has 0 bridgehead atoms. The second-order valence-electron chi connectivity index (χ2n) is 5.65. The van der Waals surface area contributed by atoms with Crippen LogP contribution in [0.3, 0.4) is 0 Å². The number of nitrogens with zero attached hydrogens (tertiary/aromatic N) is 2. The summed E-state index contributed by atoms with van der Waals surface area (Å²) in [4.78, 5) is 17.5. The van der Waals surface area contributed by atoms with Gasteiger partial charge in [-0.25, -0.2) is 10.4 Å². The minimum atomic E-state index is -0.327. The number of aromatic nitrogens is 1. The molecule has 3 rings (SSSR count). The van der Waals surface area contributed by atoms with Crippen LogP contribution < -0.4 is 5.43 Å². The van der Waals surface area contributed by atoms with Crippen LogP contribution in [0.15, 0.2) is 58.5 Å². The number of rotatable bonds is 5. The van der Waals surface area contributed by atoms with E-state index in [0.717, 1.165) is 15.8 Å². The Kier molecular flexibility index (Phi) is 6.60. The number of benzene rings is 2. The fraction of sp³-hybridized carbons (Fsp3) is 0.105. The zero-order valence-corrected chi connectivity index (χ0v) is 17.2. The van der Waals surface area contributed by atoms with Crippen LogP contribution in [-0.2, 0) is 4.79 Å². The van der Waals surface area contributed by atoms with Gasteiger partial charge >= 0.3 is 0 Å². The van der Waals surface area contributed by atoms with Gasteiger partial charge in [0.25, 0.3) is 5.91 Å². The first-order valence-corrected chi connectivity index (χ1v) is 9.94. The summed E-state index contributed by atoms with van der Waals surface area (Å²) in [5.74, 6) is -0.223. The van der Waals surface area contributed by atoms with E-state index < -0.39 is 0 Å². The molecule has 8 heteroatoms. The average Bonchev–Trinajstić information content (AvgIpc) is 2.64. The molecule has 1 amide bonds. The molecule has 0 aliphatic rings. The van der Waals surface area contributed by atoms with Gasteiger partial charge in [0.1, 0.15) is 5.15 Å². The number of thioether (sulfide) groups is 1. The zero-order valence-electron chi connectivity index (χ0n) is 14.1. The molecule has 0 spiro atoms. The summed E-state index contributed by atoms with van der Waals surface area (Å²) in [6.07, 6.45) is 1.47. The summed E-state index contributed by atoms with van der Waals surface area (Å²) in [6, 6.07) is 14.5. The van der Waals surface area contributed by atoms with Gasteiger partial charge in [-0.05, 0) is 55.5 Å². The molecule has 4 nitrogen and oxygen atoms in total. The Labute approximate surface area is 175 Å². The summed E-state index contributed by atoms with van der Waals surface area (Å²) in [5.41, 5.74) is 3.84. The fourth-order valence-electron chi connectivity index (χ4n) is 2.26. The van der Waals surface area contributed by atoms with Crippen LogP contribution in [0.5, 0.6) is 0 Å². The van der Waals surface area contributed by atoms with Crippen molar-refractivity contribution in [1.29, 1.82) is 0 Å². The van der Waals surface area contributed by atoms with Crippen LogP contribution in [0.1, 0.15) is 12.5 Å². The van der Waals surface area contributed by atoms with Crippen LogP contribution >= 0.6 is 46.6 Å². The first-order valence-electron chi connectivity index (χ1n) is 7.93. The van der Waals surface area contributed by atoms with Crippen molar-refractivity contribution in [2.75, 3.05) is 0 Å². The van der Waals surface area contributed by atoms with Gasteiger partial charge in [0.15, 0.2) is 0 Å². The van der Waals surface area contributed by atoms with Crippen molar-refractivity contribution in [3.63, 3.8) is 0 Å². The molecule has 0 aliphatic carbocycles. The quantitative estimate of drug-likeness (QED) is 0.236. The predicted octanol–water partition coefficient (Wildman–Crippen LogP) is 5.83. The number of carbonyl (C=O) groups is 1. The van der Waals surface area contributed by atoms with E-state index in [4.69, 9.17) is 34.8 Å². The Balaban J connectivity index is 1.65. The van der Waals surface area contributed by atoms with Crippen molar-refractivity contribution >= 4 is 69.6 Å². The van der Waals surface area contributed by atoms with Gasteiger partial charge in [0, 0.05) is 25.9 Å². The highest BCUT2D eigenvalue weighted by atomic mass is 35.5. The topological polar surface area (TPSA) is 54.4 Å². The molecule has 0 aliphatic heterocycles. The monoisotopic (exact) mass is 437 g/mol. The smallest absolute Gasteiger partial charge is 0.253 e. The normalized spacial score (nSPS) is 12.4. The summed E-state index contributed by atoms with van der Waals surface area (Å²) >= 11 is 19.5. The standard InChI is InChI=1S/C19H14Cl3N3OS/c1-11(27-16-5-2-14(20)3-6-16)19(26)25-23-10-13-8-12-9-15(21)4-7-17(12)24-18(13)22/h2-11H,1H3,(H,25,26)/b23-10-/t11-/m1/s1. The molecule has 0 radical (unpaired) electrons. The number of hydrogen-bond donors (Lipinski definition) is 1. The maximum Gasteiger partial charge on any atom is 0.253 e. The largest absolute Gasteiger partial charge is 0.272 e. The molecule has 1 N–H and O–H groups in total. The minimum absolute atomic E-state index is 0.223. The van der Waals surface area contributed by atoms with Gasteiger partial charge in [-0.3, -0.25) is 4.79 Å². The SMILES string of the molecule is C[C@@H](Sc1ccc(Cl)cc1)C(=O)N/N=C\c1cc2cc(Cl)ccc2nc1Cl. The highest BCUT2D eigenvalue weighted by Gasteiger charge is 2.13. The van der Waals surface area contributed by atoms with Crippen LogP contribution in [-0.4, -0.2) is 22.4 Å². The lowest BCUT2D eigenvalue weighted by atomic mass is 10.2. The van der Waals surface area contributed by atoms with Crippen LogP contribution in [0, 0.1) is 0 Å². The van der Waals surface area contributed by atoms with E-state index in [9.17, 15) is 4.79 Å². The molecule has 1 aromatic heterocycles. The van der Waals surface area contributed by atoms with Crippen molar-refractivity contribution in [3.8, 4) is 0 Å². The zero-order chi connectivity index (χ0) is 19.4. The van der Waals surface area contributed by atoms with Gasteiger partial charge in [-0.15, -0.1) is 11.8 Å². The number of nitrogens with one attached hydrogen (secondary N) is 1. The van der Waals surface area contributed by atoms with Crippen molar-refractivity contribution in [2.45, 2.75) is 17.1 Å². The summed E-state index contributed by atoms with van der Waals surface area (Å²) in [7, 11) is 0. The van der Waals surface area contributed by atoms with E-state index in [1.807, 2.05) is 18.2 Å². The maximum atomic E-state index is 12.2. The molecular formula is C19H14Cl3N3OS. The second-order valence-corrected chi connectivity index (χ2v) is 8.30. The number of pyridine rings is 1. The van der Waals surface area contributed by atoms with Crippen LogP contribution in [0.4, 0.5) is 0 Å². The highest BCUT2D eigenvalue weighted by molar-refractivity contribution is 8.00. The molecule has 0 saturated carbocycles. The maximum absolute atomic E-state index is 12.2. The fourth-order valence-corrected chi connectivity index (χ4v) is 3.62. The van der Waals surface area contributed by atoms with Crippen LogP contribution in [0.25, 0.3) is 10.9 Å². The first kappa shape index (κ1) is 20.0. The molecule has 0 unspecified atom stereocenters. The highest BCUT2D eigenvalue weighted by Crippen LogP contribution is 2.25. The van der Waals surface area contributed by atoms with Gasteiger partial charge < -0.3 is 0 Å². The molecule has 1 atom stereocenters. The molecule has 1 heterocycles. The lowest BCUT2D eigenvalue weighted by molar-refractivity contribution is -0.120. The van der Waals surface area contributed by atoms with Gasteiger partial charge in [-0.2, -0.15) is 5.10 Å². The van der Waals surface area contributed by atoms with Crippen molar-refractivity contribution < 1.29 is 4.79 Å². The van der Waals surface area contributed by atoms with Crippen molar-refractivity contribution in [2.24, 2.45) is 5.10 Å².